The third kappa shape index (κ3) is 4.25. The number of hydrogen-bond acceptors (Lipinski definition) is 2. The van der Waals surface area contributed by atoms with Gasteiger partial charge >= 0.3 is 6.18 Å². The van der Waals surface area contributed by atoms with Gasteiger partial charge in [-0.25, -0.2) is 0 Å². The van der Waals surface area contributed by atoms with Gasteiger partial charge in [0.05, 0.1) is 18.2 Å². The fourth-order valence-electron chi connectivity index (χ4n) is 2.97. The lowest BCUT2D eigenvalue weighted by Gasteiger charge is -2.15. The topological polar surface area (TPSA) is 41.1 Å². The zero-order chi connectivity index (χ0) is 18.0. The molecule has 25 heavy (non-hydrogen) atoms. The summed E-state index contributed by atoms with van der Waals surface area (Å²) in [5.41, 5.74) is 1.66. The van der Waals surface area contributed by atoms with E-state index < -0.39 is 11.7 Å². The minimum atomic E-state index is -4.41. The Labute approximate surface area is 148 Å². The molecule has 132 valence electrons. The standard InChI is InChI=1S/C18H16ClF3N2O/c19-13-5-6-15-11(8-13)4-7-16(15)24-17(25)10-23-14-3-1-2-12(9-14)18(20,21)22/h1-3,5-6,8-9,16,23H,4,7,10H2,(H,24,25). The van der Waals surface area contributed by atoms with Crippen LogP contribution in [-0.2, 0) is 17.4 Å². The van der Waals surface area contributed by atoms with Crippen molar-refractivity contribution < 1.29 is 18.0 Å². The molecule has 0 bridgehead atoms. The Morgan fingerprint density at radius 1 is 1.20 bits per heavy atom. The lowest BCUT2D eigenvalue weighted by molar-refractivity contribution is -0.137. The van der Waals surface area contributed by atoms with E-state index in [4.69, 9.17) is 11.6 Å². The Bertz CT molecular complexity index is 792. The molecule has 0 saturated heterocycles. The summed E-state index contributed by atoms with van der Waals surface area (Å²) in [6, 6.07) is 10.3. The van der Waals surface area contributed by atoms with Crippen molar-refractivity contribution in [1.29, 1.82) is 0 Å². The smallest absolute Gasteiger partial charge is 0.376 e. The summed E-state index contributed by atoms with van der Waals surface area (Å²) in [5, 5.41) is 6.30. The van der Waals surface area contributed by atoms with Crippen LogP contribution < -0.4 is 10.6 Å². The summed E-state index contributed by atoms with van der Waals surface area (Å²) in [6.45, 7) is -0.0965. The van der Waals surface area contributed by atoms with Crippen LogP contribution in [0.4, 0.5) is 18.9 Å². The minimum Gasteiger partial charge on any atom is -0.376 e. The summed E-state index contributed by atoms with van der Waals surface area (Å²) in [4.78, 5) is 12.1. The Morgan fingerprint density at radius 3 is 2.76 bits per heavy atom. The molecule has 1 unspecified atom stereocenters. The van der Waals surface area contributed by atoms with Gasteiger partial charge in [-0.05, 0) is 54.3 Å². The van der Waals surface area contributed by atoms with Crippen molar-refractivity contribution in [3.63, 3.8) is 0 Å². The second kappa shape index (κ2) is 6.96. The van der Waals surface area contributed by atoms with Crippen LogP contribution in [0.3, 0.4) is 0 Å². The van der Waals surface area contributed by atoms with Gasteiger partial charge in [0.25, 0.3) is 0 Å². The third-order valence-electron chi connectivity index (χ3n) is 4.16. The highest BCUT2D eigenvalue weighted by atomic mass is 35.5. The summed E-state index contributed by atoms with van der Waals surface area (Å²) < 4.78 is 38.1. The van der Waals surface area contributed by atoms with Crippen molar-refractivity contribution in [3.05, 3.63) is 64.2 Å². The zero-order valence-corrected chi connectivity index (χ0v) is 13.9. The minimum absolute atomic E-state index is 0.0944. The fourth-order valence-corrected chi connectivity index (χ4v) is 3.16. The van der Waals surface area contributed by atoms with Crippen molar-refractivity contribution in [3.8, 4) is 0 Å². The number of fused-ring (bicyclic) bond motifs is 1. The Morgan fingerprint density at radius 2 is 2.00 bits per heavy atom. The molecule has 0 saturated carbocycles. The van der Waals surface area contributed by atoms with E-state index in [1.54, 1.807) is 6.07 Å². The summed E-state index contributed by atoms with van der Waals surface area (Å²) in [5.74, 6) is -0.273. The van der Waals surface area contributed by atoms with Gasteiger partial charge in [0.15, 0.2) is 0 Å². The molecule has 1 amide bonds. The first-order chi connectivity index (χ1) is 11.8. The average Bonchev–Trinajstić information content (AvgIpc) is 2.94. The number of nitrogens with one attached hydrogen (secondary N) is 2. The normalized spacial score (nSPS) is 16.4. The number of rotatable bonds is 4. The van der Waals surface area contributed by atoms with E-state index in [2.05, 4.69) is 10.6 Å². The molecule has 1 aliphatic rings. The predicted octanol–water partition coefficient (Wildman–Crippen LogP) is 4.57. The monoisotopic (exact) mass is 368 g/mol. The first-order valence-electron chi connectivity index (χ1n) is 7.82. The molecule has 7 heteroatoms. The number of alkyl halides is 3. The summed E-state index contributed by atoms with van der Waals surface area (Å²) >= 11 is 5.96. The molecular weight excluding hydrogens is 353 g/mol. The van der Waals surface area contributed by atoms with Gasteiger partial charge in [-0.1, -0.05) is 23.7 Å². The first-order valence-corrected chi connectivity index (χ1v) is 8.19. The van der Waals surface area contributed by atoms with Crippen molar-refractivity contribution in [1.82, 2.24) is 5.32 Å². The van der Waals surface area contributed by atoms with Gasteiger partial charge in [-0.2, -0.15) is 13.2 Å². The predicted molar refractivity (Wildman–Crippen MR) is 90.6 cm³/mol. The highest BCUT2D eigenvalue weighted by Gasteiger charge is 2.30. The van der Waals surface area contributed by atoms with Crippen molar-refractivity contribution in [2.45, 2.75) is 25.1 Å². The van der Waals surface area contributed by atoms with Crippen LogP contribution in [0.2, 0.25) is 5.02 Å². The number of benzene rings is 2. The van der Waals surface area contributed by atoms with Crippen LogP contribution >= 0.6 is 11.6 Å². The van der Waals surface area contributed by atoms with Gasteiger partial charge in [0.2, 0.25) is 5.91 Å². The maximum Gasteiger partial charge on any atom is 0.416 e. The molecule has 0 spiro atoms. The molecule has 0 aliphatic heterocycles. The maximum absolute atomic E-state index is 12.7. The third-order valence-corrected chi connectivity index (χ3v) is 4.40. The van der Waals surface area contributed by atoms with Gasteiger partial charge in [-0.3, -0.25) is 4.79 Å². The molecule has 0 radical (unpaired) electrons. The number of aryl methyl sites for hydroxylation is 1. The van der Waals surface area contributed by atoms with Gasteiger partial charge in [0.1, 0.15) is 0 Å². The van der Waals surface area contributed by atoms with E-state index in [1.165, 1.54) is 12.1 Å². The molecule has 2 aromatic carbocycles. The molecular formula is C18H16ClF3N2O. The molecule has 2 aromatic rings. The Kier molecular flexibility index (Phi) is 4.90. The van der Waals surface area contributed by atoms with Crippen LogP contribution in [0.25, 0.3) is 0 Å². The van der Waals surface area contributed by atoms with Crippen LogP contribution in [0.1, 0.15) is 29.2 Å². The summed E-state index contributed by atoms with van der Waals surface area (Å²) in [6.07, 6.45) is -2.79. The van der Waals surface area contributed by atoms with E-state index in [0.717, 1.165) is 36.1 Å². The highest BCUT2D eigenvalue weighted by molar-refractivity contribution is 6.30. The second-order valence-corrected chi connectivity index (χ2v) is 6.37. The van der Waals surface area contributed by atoms with Crippen LogP contribution in [0.5, 0.6) is 0 Å². The van der Waals surface area contributed by atoms with Crippen LogP contribution in [-0.4, -0.2) is 12.5 Å². The lowest BCUT2D eigenvalue weighted by atomic mass is 10.1. The Hall–Kier alpha value is -2.21. The molecule has 2 N–H and O–H groups in total. The molecule has 3 rings (SSSR count). The molecule has 1 atom stereocenters. The maximum atomic E-state index is 12.7. The average molecular weight is 369 g/mol. The fraction of sp³-hybridized carbons (Fsp3) is 0.278. The number of anilines is 1. The van der Waals surface area contributed by atoms with Gasteiger partial charge in [-0.15, -0.1) is 0 Å². The van der Waals surface area contributed by atoms with Gasteiger partial charge < -0.3 is 10.6 Å². The summed E-state index contributed by atoms with van der Waals surface area (Å²) in [7, 11) is 0. The molecule has 3 nitrogen and oxygen atoms in total. The molecule has 0 heterocycles. The second-order valence-electron chi connectivity index (χ2n) is 5.93. The Balaban J connectivity index is 1.58. The largest absolute Gasteiger partial charge is 0.416 e. The number of hydrogen-bond donors (Lipinski definition) is 2. The van der Waals surface area contributed by atoms with Crippen molar-refractivity contribution in [2.24, 2.45) is 0 Å². The number of carbonyl (C=O) groups excluding carboxylic acids is 1. The van der Waals surface area contributed by atoms with Crippen molar-refractivity contribution >= 4 is 23.2 Å². The SMILES string of the molecule is O=C(CNc1cccc(C(F)(F)F)c1)NC1CCc2cc(Cl)ccc21. The zero-order valence-electron chi connectivity index (χ0n) is 13.2. The van der Waals surface area contributed by atoms with Crippen LogP contribution in [0.15, 0.2) is 42.5 Å². The van der Waals surface area contributed by atoms with E-state index in [1.807, 2.05) is 12.1 Å². The number of amides is 1. The number of carbonyl (C=O) groups is 1. The number of halogens is 4. The molecule has 0 aromatic heterocycles. The quantitative estimate of drug-likeness (QED) is 0.829. The van der Waals surface area contributed by atoms with Gasteiger partial charge in [0, 0.05) is 10.7 Å². The molecule has 1 aliphatic carbocycles. The van der Waals surface area contributed by atoms with E-state index in [9.17, 15) is 18.0 Å². The van der Waals surface area contributed by atoms with E-state index in [-0.39, 0.29) is 24.2 Å². The van der Waals surface area contributed by atoms with Crippen molar-refractivity contribution in [2.75, 3.05) is 11.9 Å². The highest BCUT2D eigenvalue weighted by Crippen LogP contribution is 2.33. The first kappa shape index (κ1) is 17.6. The van der Waals surface area contributed by atoms with E-state index in [0.29, 0.717) is 5.02 Å². The van der Waals surface area contributed by atoms with E-state index >= 15 is 0 Å². The molecule has 0 fully saturated rings. The lowest BCUT2D eigenvalue weighted by Crippen LogP contribution is -2.32. The van der Waals surface area contributed by atoms with Crippen LogP contribution in [0, 0.1) is 0 Å².